The molecule has 3 amide bonds. The van der Waals surface area contributed by atoms with Crippen LogP contribution in [0.15, 0.2) is 54.6 Å². The van der Waals surface area contributed by atoms with E-state index in [4.69, 9.17) is 4.74 Å². The minimum absolute atomic E-state index is 0.0910. The van der Waals surface area contributed by atoms with Crippen molar-refractivity contribution >= 4 is 17.7 Å². The summed E-state index contributed by atoms with van der Waals surface area (Å²) in [5, 5.41) is 9.53. The van der Waals surface area contributed by atoms with Crippen LogP contribution in [0, 0.1) is 11.8 Å². The Balaban J connectivity index is 1.55. The van der Waals surface area contributed by atoms with E-state index in [9.17, 15) is 19.5 Å². The molecule has 0 aliphatic carbocycles. The molecule has 8 heteroatoms. The van der Waals surface area contributed by atoms with Gasteiger partial charge in [-0.1, -0.05) is 68.0 Å². The first-order valence-corrected chi connectivity index (χ1v) is 13.4. The summed E-state index contributed by atoms with van der Waals surface area (Å²) in [4.78, 5) is 47.4. The Morgan fingerprint density at radius 3 is 2.38 bits per heavy atom. The third kappa shape index (κ3) is 4.20. The van der Waals surface area contributed by atoms with Crippen molar-refractivity contribution in [1.29, 1.82) is 0 Å². The van der Waals surface area contributed by atoms with Gasteiger partial charge in [0.15, 0.2) is 0 Å². The number of benzene rings is 1. The highest BCUT2D eigenvalue weighted by Gasteiger charge is 2.74. The lowest BCUT2D eigenvalue weighted by atomic mass is 9.74. The van der Waals surface area contributed by atoms with Crippen molar-refractivity contribution in [3.8, 4) is 0 Å². The number of rotatable bonds is 8. The van der Waals surface area contributed by atoms with Gasteiger partial charge in [-0.05, 0) is 25.3 Å². The van der Waals surface area contributed by atoms with Crippen LogP contribution in [0.1, 0.15) is 38.7 Å². The van der Waals surface area contributed by atoms with E-state index in [0.717, 1.165) is 18.4 Å². The Kier molecular flexibility index (Phi) is 6.98. The lowest BCUT2D eigenvalue weighted by molar-refractivity contribution is -0.153. The van der Waals surface area contributed by atoms with Gasteiger partial charge in [-0.3, -0.25) is 14.4 Å². The molecule has 0 saturated carbocycles. The Hall–Kier alpha value is -2.97. The van der Waals surface area contributed by atoms with E-state index in [2.05, 4.69) is 6.92 Å². The van der Waals surface area contributed by atoms with Crippen LogP contribution in [0.2, 0.25) is 0 Å². The average molecular weight is 508 g/mol. The van der Waals surface area contributed by atoms with Gasteiger partial charge in [-0.15, -0.1) is 0 Å². The maximum Gasteiger partial charge on any atom is 0.249 e. The molecule has 4 aliphatic heterocycles. The van der Waals surface area contributed by atoms with Crippen LogP contribution < -0.4 is 0 Å². The molecule has 2 fully saturated rings. The van der Waals surface area contributed by atoms with Crippen LogP contribution in [0.5, 0.6) is 0 Å². The van der Waals surface area contributed by atoms with Crippen molar-refractivity contribution in [2.75, 3.05) is 32.8 Å². The molecule has 4 heterocycles. The summed E-state index contributed by atoms with van der Waals surface area (Å²) in [6, 6.07) is 8.94. The topological polar surface area (TPSA) is 90.4 Å². The Bertz CT molecular complexity index is 1100. The van der Waals surface area contributed by atoms with Gasteiger partial charge in [0, 0.05) is 39.3 Å². The maximum absolute atomic E-state index is 14.2. The van der Waals surface area contributed by atoms with Crippen LogP contribution in [-0.2, 0) is 25.7 Å². The first-order valence-electron chi connectivity index (χ1n) is 13.4. The summed E-state index contributed by atoms with van der Waals surface area (Å²) in [5.41, 5.74) is -1.24. The number of amides is 3. The normalized spacial score (nSPS) is 32.9. The molecule has 198 valence electrons. The van der Waals surface area contributed by atoms with Crippen LogP contribution in [0.25, 0.3) is 0 Å². The van der Waals surface area contributed by atoms with Gasteiger partial charge in [-0.2, -0.15) is 0 Å². The summed E-state index contributed by atoms with van der Waals surface area (Å²) in [6.45, 7) is 6.00. The molecule has 1 unspecified atom stereocenters. The quantitative estimate of drug-likeness (QED) is 0.545. The van der Waals surface area contributed by atoms with E-state index in [0.29, 0.717) is 32.6 Å². The second kappa shape index (κ2) is 10.1. The number of likely N-dealkylation sites (tertiary alicyclic amines) is 1. The predicted octanol–water partition coefficient (Wildman–Crippen LogP) is 2.14. The number of carbonyl (C=O) groups excluding carboxylic acids is 3. The number of aliphatic hydroxyl groups is 1. The lowest BCUT2D eigenvalue weighted by Gasteiger charge is -2.37. The monoisotopic (exact) mass is 507 g/mol. The standard InChI is InChI=1S/C29H37N3O5/c1-3-4-15-30-16-9-14-29-23(26(35)32(18-10-19-33)24(29)27(30)36)22-25(34)31(17-8-13-28(22,2)37-29)20-21-11-6-5-7-12-21/h5-9,11-14,22-24,33H,3-4,10,15-20H2,1-2H3/t22-,23+,24?,28+,29+/m1/s1. The van der Waals surface area contributed by atoms with Gasteiger partial charge >= 0.3 is 0 Å². The molecule has 0 aromatic heterocycles. The molecular weight excluding hydrogens is 470 g/mol. The number of hydrogen-bond acceptors (Lipinski definition) is 5. The zero-order chi connectivity index (χ0) is 26.2. The molecule has 4 aliphatic rings. The fourth-order valence-electron chi connectivity index (χ4n) is 6.60. The summed E-state index contributed by atoms with van der Waals surface area (Å²) < 4.78 is 6.81. The van der Waals surface area contributed by atoms with Crippen molar-refractivity contribution in [1.82, 2.24) is 14.7 Å². The molecule has 37 heavy (non-hydrogen) atoms. The number of unbranched alkanes of at least 4 members (excludes halogenated alkanes) is 1. The number of ether oxygens (including phenoxy) is 1. The van der Waals surface area contributed by atoms with Crippen molar-refractivity contribution in [2.24, 2.45) is 11.8 Å². The number of hydrogen-bond donors (Lipinski definition) is 1. The smallest absolute Gasteiger partial charge is 0.249 e. The van der Waals surface area contributed by atoms with Crippen LogP contribution in [0.3, 0.4) is 0 Å². The fraction of sp³-hybridized carbons (Fsp3) is 0.552. The number of fused-ring (bicyclic) bond motifs is 2. The van der Waals surface area contributed by atoms with E-state index in [1.54, 1.807) is 14.7 Å². The van der Waals surface area contributed by atoms with Gasteiger partial charge in [-0.25, -0.2) is 0 Å². The maximum atomic E-state index is 14.2. The molecule has 1 aromatic rings. The molecule has 1 aromatic carbocycles. The summed E-state index contributed by atoms with van der Waals surface area (Å²) in [7, 11) is 0. The second-order valence-corrected chi connectivity index (χ2v) is 10.8. The average Bonchev–Trinajstić information content (AvgIpc) is 3.16. The first kappa shape index (κ1) is 25.7. The van der Waals surface area contributed by atoms with E-state index >= 15 is 0 Å². The third-order valence-electron chi connectivity index (χ3n) is 8.28. The van der Waals surface area contributed by atoms with E-state index < -0.39 is 29.1 Å². The van der Waals surface area contributed by atoms with Crippen molar-refractivity contribution in [3.05, 3.63) is 60.2 Å². The second-order valence-electron chi connectivity index (χ2n) is 10.8. The lowest BCUT2D eigenvalue weighted by Crippen LogP contribution is -2.56. The highest BCUT2D eigenvalue weighted by Crippen LogP contribution is 2.57. The molecule has 1 spiro atoms. The summed E-state index contributed by atoms with van der Waals surface area (Å²) >= 11 is 0. The largest absolute Gasteiger partial charge is 0.396 e. The summed E-state index contributed by atoms with van der Waals surface area (Å²) in [6.07, 6.45) is 9.83. The first-order chi connectivity index (χ1) is 17.9. The Morgan fingerprint density at radius 2 is 1.65 bits per heavy atom. The van der Waals surface area contributed by atoms with Gasteiger partial charge in [0.1, 0.15) is 11.6 Å². The number of carbonyl (C=O) groups is 3. The SMILES string of the molecule is CCCCN1CC=C[C@]23O[C@@]4(C)C=CCN(Cc5ccccc5)C(=O)[C@H]4[C@H]2C(=O)N(CCCO)C3C1=O. The molecule has 0 bridgehead atoms. The molecule has 0 radical (unpaired) electrons. The Morgan fingerprint density at radius 1 is 0.919 bits per heavy atom. The van der Waals surface area contributed by atoms with E-state index in [1.165, 1.54) is 0 Å². The van der Waals surface area contributed by atoms with E-state index in [-0.39, 0.29) is 30.9 Å². The minimum atomic E-state index is -1.24. The summed E-state index contributed by atoms with van der Waals surface area (Å²) in [5.74, 6) is -2.11. The van der Waals surface area contributed by atoms with Crippen molar-refractivity contribution in [3.63, 3.8) is 0 Å². The van der Waals surface area contributed by atoms with Crippen LogP contribution >= 0.6 is 0 Å². The molecule has 5 atom stereocenters. The number of nitrogens with zero attached hydrogens (tertiary/aromatic N) is 3. The predicted molar refractivity (Wildman–Crippen MR) is 138 cm³/mol. The molecule has 5 rings (SSSR count). The molecule has 8 nitrogen and oxygen atoms in total. The molecular formula is C29H37N3O5. The fourth-order valence-corrected chi connectivity index (χ4v) is 6.60. The highest BCUT2D eigenvalue weighted by atomic mass is 16.5. The van der Waals surface area contributed by atoms with Crippen LogP contribution in [0.4, 0.5) is 0 Å². The van der Waals surface area contributed by atoms with Crippen molar-refractivity contribution in [2.45, 2.75) is 56.9 Å². The van der Waals surface area contributed by atoms with Gasteiger partial charge in [0.05, 0.1) is 17.4 Å². The zero-order valence-corrected chi connectivity index (χ0v) is 21.7. The number of aliphatic hydroxyl groups excluding tert-OH is 1. The van der Waals surface area contributed by atoms with Crippen molar-refractivity contribution < 1.29 is 24.2 Å². The van der Waals surface area contributed by atoms with E-state index in [1.807, 2.05) is 61.6 Å². The van der Waals surface area contributed by atoms with Gasteiger partial charge in [0.25, 0.3) is 0 Å². The zero-order valence-electron chi connectivity index (χ0n) is 21.7. The molecule has 1 N–H and O–H groups in total. The third-order valence-corrected chi connectivity index (χ3v) is 8.28. The minimum Gasteiger partial charge on any atom is -0.396 e. The van der Waals surface area contributed by atoms with Gasteiger partial charge in [0.2, 0.25) is 17.7 Å². The highest BCUT2D eigenvalue weighted by molar-refractivity contribution is 6.00. The Labute approximate surface area is 218 Å². The van der Waals surface area contributed by atoms with Gasteiger partial charge < -0.3 is 24.5 Å². The molecule has 2 saturated heterocycles. The van der Waals surface area contributed by atoms with Crippen LogP contribution in [-0.4, -0.2) is 87.6 Å².